The Morgan fingerprint density at radius 3 is 1.61 bits per heavy atom. The average Bonchev–Trinajstić information content (AvgIpc) is 3.15. The van der Waals surface area contributed by atoms with E-state index in [1.807, 2.05) is 6.92 Å². The highest BCUT2D eigenvalue weighted by atomic mass is 32.3. The Bertz CT molecular complexity index is 596. The van der Waals surface area contributed by atoms with Gasteiger partial charge in [-0.2, -0.15) is 0 Å². The number of unbranched alkanes of at least 4 members (excludes halogenated alkanes) is 15. The number of hydrogen-bond acceptors (Lipinski definition) is 6. The SMILES string of the molecule is CCCCCCCCCCCCCCCCCCC1=NCC[N+]1(C)C(C)O.COS(=O)(=O)[O-]. The molecule has 1 N–H and O–H groups in total. The highest BCUT2D eigenvalue weighted by Crippen LogP contribution is 2.20. The zero-order valence-corrected chi connectivity index (χ0v) is 22.7. The fourth-order valence-corrected chi connectivity index (χ4v) is 4.25. The molecule has 1 heterocycles. The molecule has 0 saturated heterocycles. The standard InChI is InChI=1S/C24H49N2O.CH4O4S/c1-4-5-6-7-8-9-10-11-12-13-14-15-16-17-18-19-20-24-25-21-22-26(24,3)23(2)27;1-5-6(2,3)4/h23,27H,4-22H2,1-3H3;1H3,(H,2,3,4)/q+1;/p-1. The van der Waals surface area contributed by atoms with Crippen LogP contribution in [0.15, 0.2) is 4.99 Å². The van der Waals surface area contributed by atoms with Gasteiger partial charge in [0.25, 0.3) is 0 Å². The first-order valence-corrected chi connectivity index (χ1v) is 14.6. The van der Waals surface area contributed by atoms with Crippen LogP contribution in [-0.2, 0) is 14.6 Å². The minimum absolute atomic E-state index is 0.327. The maximum atomic E-state index is 10.0. The zero-order chi connectivity index (χ0) is 25.0. The molecule has 0 aromatic rings. The highest BCUT2D eigenvalue weighted by molar-refractivity contribution is 7.80. The second-order valence-corrected chi connectivity index (χ2v) is 10.7. The van der Waals surface area contributed by atoms with E-state index in [1.54, 1.807) is 0 Å². The summed E-state index contributed by atoms with van der Waals surface area (Å²) < 4.78 is 31.7. The second kappa shape index (κ2) is 19.7. The Morgan fingerprint density at radius 2 is 1.27 bits per heavy atom. The number of aliphatic imine (C=N–C) groups is 1. The Labute approximate surface area is 204 Å². The van der Waals surface area contributed by atoms with Crippen molar-refractivity contribution in [2.45, 2.75) is 129 Å². The van der Waals surface area contributed by atoms with Crippen LogP contribution >= 0.6 is 0 Å². The molecule has 198 valence electrons. The van der Waals surface area contributed by atoms with Gasteiger partial charge in [0.05, 0.1) is 20.7 Å². The van der Waals surface area contributed by atoms with E-state index >= 15 is 0 Å². The Hall–Kier alpha value is -0.540. The van der Waals surface area contributed by atoms with Gasteiger partial charge in [0.15, 0.2) is 12.1 Å². The summed E-state index contributed by atoms with van der Waals surface area (Å²) in [5, 5.41) is 10.0. The molecule has 0 amide bonds. The van der Waals surface area contributed by atoms with Gasteiger partial charge in [-0.05, 0) is 6.42 Å². The van der Waals surface area contributed by atoms with Crippen molar-refractivity contribution in [2.75, 3.05) is 27.2 Å². The second-order valence-electron chi connectivity index (χ2n) is 9.55. The summed E-state index contributed by atoms with van der Waals surface area (Å²) in [6, 6.07) is 0. The van der Waals surface area contributed by atoms with Crippen LogP contribution in [0.25, 0.3) is 0 Å². The highest BCUT2D eigenvalue weighted by Gasteiger charge is 2.37. The number of likely N-dealkylation sites (N-methyl/N-ethyl adjacent to an activating group) is 1. The lowest BCUT2D eigenvalue weighted by molar-refractivity contribution is -0.865. The molecule has 1 aliphatic rings. The number of rotatable bonds is 19. The summed E-state index contributed by atoms with van der Waals surface area (Å²) >= 11 is 0. The monoisotopic (exact) mass is 492 g/mol. The van der Waals surface area contributed by atoms with Gasteiger partial charge in [-0.1, -0.05) is 103 Å². The van der Waals surface area contributed by atoms with Gasteiger partial charge in [-0.15, -0.1) is 0 Å². The Kier molecular flexibility index (Phi) is 19.4. The van der Waals surface area contributed by atoms with Crippen molar-refractivity contribution in [1.29, 1.82) is 0 Å². The fraction of sp³-hybridized carbons (Fsp3) is 0.960. The van der Waals surface area contributed by atoms with Crippen molar-refractivity contribution in [3.05, 3.63) is 0 Å². The molecule has 2 atom stereocenters. The van der Waals surface area contributed by atoms with Gasteiger partial charge in [-0.3, -0.25) is 8.67 Å². The predicted octanol–water partition coefficient (Wildman–Crippen LogP) is 5.93. The molecular formula is C25H52N2O5S. The number of aliphatic hydroxyl groups is 1. The van der Waals surface area contributed by atoms with Gasteiger partial charge < -0.3 is 9.66 Å². The van der Waals surface area contributed by atoms with E-state index in [9.17, 15) is 18.1 Å². The molecule has 0 aromatic heterocycles. The van der Waals surface area contributed by atoms with Gasteiger partial charge in [0.1, 0.15) is 6.54 Å². The number of aliphatic hydroxyl groups excluding tert-OH is 1. The van der Waals surface area contributed by atoms with Crippen LogP contribution in [0.1, 0.15) is 123 Å². The van der Waals surface area contributed by atoms with Crippen molar-refractivity contribution < 1.29 is 26.7 Å². The summed E-state index contributed by atoms with van der Waals surface area (Å²) in [6.07, 6.45) is 23.3. The lowest BCUT2D eigenvalue weighted by atomic mass is 10.0. The average molecular weight is 493 g/mol. The van der Waals surface area contributed by atoms with Crippen molar-refractivity contribution in [1.82, 2.24) is 0 Å². The summed E-state index contributed by atoms with van der Waals surface area (Å²) in [4.78, 5) is 4.65. The van der Waals surface area contributed by atoms with Crippen LogP contribution in [0.4, 0.5) is 0 Å². The third kappa shape index (κ3) is 17.5. The summed E-state index contributed by atoms with van der Waals surface area (Å²) in [5.74, 6) is 1.22. The minimum Gasteiger partial charge on any atom is -0.726 e. The summed E-state index contributed by atoms with van der Waals surface area (Å²) in [6.45, 7) is 6.04. The molecular weight excluding hydrogens is 440 g/mol. The largest absolute Gasteiger partial charge is 0.726 e. The van der Waals surface area contributed by atoms with E-state index in [0.717, 1.165) is 26.6 Å². The molecule has 0 radical (unpaired) electrons. The fourth-order valence-electron chi connectivity index (χ4n) is 4.25. The van der Waals surface area contributed by atoms with Crippen molar-refractivity contribution >= 4 is 16.2 Å². The number of nitrogens with zero attached hydrogens (tertiary/aromatic N) is 2. The van der Waals surface area contributed by atoms with E-state index in [-0.39, 0.29) is 6.23 Å². The van der Waals surface area contributed by atoms with E-state index in [1.165, 1.54) is 109 Å². The summed E-state index contributed by atoms with van der Waals surface area (Å²) in [7, 11) is -1.48. The lowest BCUT2D eigenvalue weighted by Gasteiger charge is -2.32. The van der Waals surface area contributed by atoms with E-state index in [2.05, 4.69) is 23.1 Å². The molecule has 2 unspecified atom stereocenters. The van der Waals surface area contributed by atoms with Gasteiger partial charge >= 0.3 is 0 Å². The Balaban J connectivity index is 0.00000150. The maximum absolute atomic E-state index is 10.0. The van der Waals surface area contributed by atoms with Crippen molar-refractivity contribution in [2.24, 2.45) is 4.99 Å². The van der Waals surface area contributed by atoms with Gasteiger partial charge in [0.2, 0.25) is 10.4 Å². The topological polar surface area (TPSA) is 99.0 Å². The van der Waals surface area contributed by atoms with Crippen molar-refractivity contribution in [3.8, 4) is 0 Å². The van der Waals surface area contributed by atoms with Crippen molar-refractivity contribution in [3.63, 3.8) is 0 Å². The molecule has 0 saturated carbocycles. The van der Waals surface area contributed by atoms with Crippen LogP contribution in [-0.4, -0.2) is 61.9 Å². The number of quaternary nitrogens is 1. The normalized spacial score (nSPS) is 19.2. The van der Waals surface area contributed by atoms with Crippen LogP contribution in [0.5, 0.6) is 0 Å². The van der Waals surface area contributed by atoms with Crippen LogP contribution in [0.3, 0.4) is 0 Å². The van der Waals surface area contributed by atoms with E-state index in [4.69, 9.17) is 0 Å². The van der Waals surface area contributed by atoms with Gasteiger partial charge in [0, 0.05) is 13.3 Å². The van der Waals surface area contributed by atoms with E-state index < -0.39 is 10.4 Å². The first-order chi connectivity index (χ1) is 15.7. The third-order valence-corrected chi connectivity index (χ3v) is 7.14. The molecule has 8 heteroatoms. The molecule has 1 aliphatic heterocycles. The quantitative estimate of drug-likeness (QED) is 0.104. The first-order valence-electron chi connectivity index (χ1n) is 13.3. The number of amidine groups is 1. The van der Waals surface area contributed by atoms with Gasteiger partial charge in [-0.25, -0.2) is 13.4 Å². The summed E-state index contributed by atoms with van der Waals surface area (Å²) in [5.41, 5.74) is 0. The molecule has 0 fully saturated rings. The smallest absolute Gasteiger partial charge is 0.217 e. The van der Waals surface area contributed by atoms with Crippen LogP contribution in [0, 0.1) is 0 Å². The van der Waals surface area contributed by atoms with Crippen LogP contribution in [0.2, 0.25) is 0 Å². The predicted molar refractivity (Wildman–Crippen MR) is 136 cm³/mol. The molecule has 0 aromatic carbocycles. The Morgan fingerprint density at radius 1 is 0.909 bits per heavy atom. The third-order valence-electron chi connectivity index (χ3n) is 6.73. The molecule has 0 aliphatic carbocycles. The molecule has 33 heavy (non-hydrogen) atoms. The maximum Gasteiger partial charge on any atom is 0.217 e. The minimum atomic E-state index is -4.41. The molecule has 0 spiro atoms. The molecule has 0 bridgehead atoms. The van der Waals surface area contributed by atoms with E-state index in [0.29, 0.717) is 4.48 Å². The number of hydrogen-bond donors (Lipinski definition) is 1. The lowest BCUT2D eigenvalue weighted by Crippen LogP contribution is -2.53. The molecule has 1 rings (SSSR count). The zero-order valence-electron chi connectivity index (χ0n) is 21.9. The molecule has 7 nitrogen and oxygen atoms in total. The first kappa shape index (κ1) is 32.5. The van der Waals surface area contributed by atoms with Crippen LogP contribution < -0.4 is 0 Å².